The highest BCUT2D eigenvalue weighted by Crippen LogP contribution is 2.47. The van der Waals surface area contributed by atoms with Crippen LogP contribution in [0.3, 0.4) is 0 Å². The molecule has 0 radical (unpaired) electrons. The molecule has 0 aliphatic carbocycles. The summed E-state index contributed by atoms with van der Waals surface area (Å²) >= 11 is 0. The molecule has 2 saturated heterocycles. The van der Waals surface area contributed by atoms with E-state index in [1.165, 1.54) is 4.90 Å². The van der Waals surface area contributed by atoms with Crippen molar-refractivity contribution < 1.29 is 18.0 Å². The molecule has 2 fully saturated rings. The molecule has 0 spiro atoms. The van der Waals surface area contributed by atoms with E-state index in [0.717, 1.165) is 5.56 Å². The topological polar surface area (TPSA) is 35.6 Å². The lowest BCUT2D eigenvalue weighted by atomic mass is 9.84. The highest BCUT2D eigenvalue weighted by molar-refractivity contribution is 5.85. The van der Waals surface area contributed by atoms with E-state index >= 15 is 0 Å². The third-order valence-corrected chi connectivity index (χ3v) is 5.21. The van der Waals surface area contributed by atoms with E-state index in [9.17, 15) is 18.0 Å². The van der Waals surface area contributed by atoms with E-state index < -0.39 is 17.5 Å². The van der Waals surface area contributed by atoms with Crippen molar-refractivity contribution in [2.24, 2.45) is 5.41 Å². The lowest BCUT2D eigenvalue weighted by molar-refractivity contribution is -0.224. The second-order valence-corrected chi connectivity index (χ2v) is 7.13. The quantitative estimate of drug-likeness (QED) is 0.860. The van der Waals surface area contributed by atoms with Crippen molar-refractivity contribution >= 4 is 18.3 Å². The van der Waals surface area contributed by atoms with Gasteiger partial charge in [-0.25, -0.2) is 0 Å². The second kappa shape index (κ2) is 8.15. The van der Waals surface area contributed by atoms with Gasteiger partial charge in [-0.05, 0) is 25.5 Å². The summed E-state index contributed by atoms with van der Waals surface area (Å²) in [4.78, 5) is 16.0. The maximum Gasteiger partial charge on any atom is 0.404 e. The van der Waals surface area contributed by atoms with Crippen LogP contribution in [0, 0.1) is 5.41 Å². The zero-order valence-corrected chi connectivity index (χ0v) is 15.6. The Bertz CT molecular complexity index is 613. The maximum atomic E-state index is 13.9. The van der Waals surface area contributed by atoms with Crippen LogP contribution in [-0.2, 0) is 11.3 Å². The van der Waals surface area contributed by atoms with Crippen molar-refractivity contribution in [1.82, 2.24) is 15.1 Å². The molecule has 3 rings (SSSR count). The summed E-state index contributed by atoms with van der Waals surface area (Å²) in [5.41, 5.74) is -1.32. The molecule has 2 aliphatic rings. The molecular weight excluding hydrogens is 367 g/mol. The molecule has 2 atom stereocenters. The first kappa shape index (κ1) is 21.0. The van der Waals surface area contributed by atoms with Gasteiger partial charge in [0.25, 0.3) is 0 Å². The average molecular weight is 392 g/mol. The number of hydrogen-bond acceptors (Lipinski definition) is 3. The van der Waals surface area contributed by atoms with Crippen LogP contribution in [0.2, 0.25) is 0 Å². The van der Waals surface area contributed by atoms with Crippen molar-refractivity contribution in [1.29, 1.82) is 0 Å². The number of likely N-dealkylation sites (tertiary alicyclic amines) is 1. The zero-order valence-electron chi connectivity index (χ0n) is 14.8. The average Bonchev–Trinajstić information content (AvgIpc) is 3.00. The van der Waals surface area contributed by atoms with Crippen LogP contribution in [0.5, 0.6) is 0 Å². The lowest BCUT2D eigenvalue weighted by Crippen LogP contribution is -2.59. The van der Waals surface area contributed by atoms with Gasteiger partial charge in [-0.3, -0.25) is 9.69 Å². The summed E-state index contributed by atoms with van der Waals surface area (Å²) in [5.74, 6) is -0.760. The number of carbonyl (C=O) groups is 1. The number of piperazine rings is 1. The van der Waals surface area contributed by atoms with Crippen molar-refractivity contribution in [3.05, 3.63) is 35.9 Å². The predicted octanol–water partition coefficient (Wildman–Crippen LogP) is 2.68. The van der Waals surface area contributed by atoms with Crippen LogP contribution in [0.15, 0.2) is 30.3 Å². The van der Waals surface area contributed by atoms with Crippen molar-refractivity contribution in [3.63, 3.8) is 0 Å². The first-order chi connectivity index (χ1) is 11.8. The summed E-state index contributed by atoms with van der Waals surface area (Å²) < 4.78 is 41.8. The van der Waals surface area contributed by atoms with E-state index in [0.29, 0.717) is 26.2 Å². The van der Waals surface area contributed by atoms with Crippen molar-refractivity contribution in [2.45, 2.75) is 32.1 Å². The second-order valence-electron chi connectivity index (χ2n) is 7.13. The molecule has 2 heterocycles. The molecule has 8 heteroatoms. The van der Waals surface area contributed by atoms with Gasteiger partial charge in [-0.1, -0.05) is 30.3 Å². The number of amides is 1. The number of carbonyl (C=O) groups excluding carboxylic acids is 1. The molecule has 0 bridgehead atoms. The molecule has 4 nitrogen and oxygen atoms in total. The Hall–Kier alpha value is -1.31. The van der Waals surface area contributed by atoms with Gasteiger partial charge >= 0.3 is 6.18 Å². The number of hydrogen-bond donors (Lipinski definition) is 1. The van der Waals surface area contributed by atoms with Gasteiger partial charge in [0.1, 0.15) is 0 Å². The van der Waals surface area contributed by atoms with Crippen LogP contribution < -0.4 is 5.32 Å². The number of alkyl halides is 3. The summed E-state index contributed by atoms with van der Waals surface area (Å²) in [6.07, 6.45) is -4.70. The minimum absolute atomic E-state index is 0. The van der Waals surface area contributed by atoms with Gasteiger partial charge in [0.05, 0.1) is 0 Å². The molecule has 1 aromatic rings. The number of nitrogens with one attached hydrogen (secondary N) is 1. The summed E-state index contributed by atoms with van der Waals surface area (Å²) in [7, 11) is 0. The highest BCUT2D eigenvalue weighted by Gasteiger charge is 2.64. The molecule has 0 saturated carbocycles. The van der Waals surface area contributed by atoms with Crippen LogP contribution in [0.1, 0.15) is 18.9 Å². The Balaban J connectivity index is 0.00000243. The third kappa shape index (κ3) is 4.15. The van der Waals surface area contributed by atoms with Gasteiger partial charge in [0.2, 0.25) is 5.91 Å². The highest BCUT2D eigenvalue weighted by atomic mass is 35.5. The monoisotopic (exact) mass is 391 g/mol. The third-order valence-electron chi connectivity index (χ3n) is 5.21. The van der Waals surface area contributed by atoms with E-state index in [1.54, 1.807) is 4.90 Å². The van der Waals surface area contributed by atoms with Crippen LogP contribution in [0.4, 0.5) is 13.2 Å². The van der Waals surface area contributed by atoms with Gasteiger partial charge in [0, 0.05) is 38.8 Å². The molecule has 0 aromatic heterocycles. The fourth-order valence-corrected chi connectivity index (χ4v) is 3.81. The largest absolute Gasteiger partial charge is 0.404 e. The summed E-state index contributed by atoms with van der Waals surface area (Å²) in [6.45, 7) is 3.54. The Morgan fingerprint density at radius 1 is 1.27 bits per heavy atom. The first-order valence-corrected chi connectivity index (χ1v) is 8.67. The van der Waals surface area contributed by atoms with Gasteiger partial charge in [0.15, 0.2) is 5.41 Å². The Morgan fingerprint density at radius 2 is 1.96 bits per heavy atom. The van der Waals surface area contributed by atoms with Crippen LogP contribution in [0.25, 0.3) is 0 Å². The van der Waals surface area contributed by atoms with Crippen LogP contribution in [-0.4, -0.2) is 60.6 Å². The molecule has 2 aliphatic heterocycles. The Labute approximate surface area is 158 Å². The van der Waals surface area contributed by atoms with Gasteiger partial charge < -0.3 is 10.2 Å². The molecular formula is C18H25ClF3N3O. The molecule has 146 valence electrons. The fourth-order valence-electron chi connectivity index (χ4n) is 3.81. The number of benzene rings is 1. The standard InChI is InChI=1S/C18H24F3N3O.ClH/c1-14-11-24(10-8-22-14)16(25)17(18(19,20)21)7-9-23(13-17)12-15-5-3-2-4-6-15;/h2-6,14,22H,7-13H2,1H3;1H. The van der Waals surface area contributed by atoms with E-state index in [4.69, 9.17) is 0 Å². The first-order valence-electron chi connectivity index (χ1n) is 8.67. The van der Waals surface area contributed by atoms with E-state index in [1.807, 2.05) is 37.3 Å². The molecule has 1 aromatic carbocycles. The minimum atomic E-state index is -4.54. The van der Waals surface area contributed by atoms with Crippen molar-refractivity contribution in [3.8, 4) is 0 Å². The fraction of sp³-hybridized carbons (Fsp3) is 0.611. The van der Waals surface area contributed by atoms with Crippen LogP contribution >= 0.6 is 12.4 Å². The molecule has 1 N–H and O–H groups in total. The van der Waals surface area contributed by atoms with E-state index in [2.05, 4.69) is 5.32 Å². The molecule has 1 amide bonds. The number of halogens is 4. The number of nitrogens with zero attached hydrogens (tertiary/aromatic N) is 2. The summed E-state index contributed by atoms with van der Waals surface area (Å²) in [6, 6.07) is 9.43. The Morgan fingerprint density at radius 3 is 2.58 bits per heavy atom. The lowest BCUT2D eigenvalue weighted by Gasteiger charge is -2.39. The van der Waals surface area contributed by atoms with Gasteiger partial charge in [-0.15, -0.1) is 12.4 Å². The number of rotatable bonds is 3. The SMILES string of the molecule is CC1CN(C(=O)C2(C(F)(F)F)CCN(Cc3ccccc3)C2)CCN1.Cl. The Kier molecular flexibility index (Phi) is 6.58. The smallest absolute Gasteiger partial charge is 0.339 e. The zero-order chi connectivity index (χ0) is 18.1. The predicted molar refractivity (Wildman–Crippen MR) is 96.1 cm³/mol. The normalized spacial score (nSPS) is 27.2. The summed E-state index contributed by atoms with van der Waals surface area (Å²) in [5, 5.41) is 3.16. The van der Waals surface area contributed by atoms with Crippen molar-refractivity contribution in [2.75, 3.05) is 32.7 Å². The minimum Gasteiger partial charge on any atom is -0.339 e. The molecule has 2 unspecified atom stereocenters. The molecule has 26 heavy (non-hydrogen) atoms. The maximum absolute atomic E-state index is 13.9. The van der Waals surface area contributed by atoms with E-state index in [-0.39, 0.29) is 38.0 Å². The van der Waals surface area contributed by atoms with Gasteiger partial charge in [-0.2, -0.15) is 13.2 Å².